The number of aromatic nitrogens is 2. The van der Waals surface area contributed by atoms with E-state index in [1.807, 2.05) is 0 Å². The lowest BCUT2D eigenvalue weighted by Crippen LogP contribution is -2.54. The van der Waals surface area contributed by atoms with Crippen molar-refractivity contribution in [2.45, 2.75) is 43.8 Å². The largest absolute Gasteiger partial charge is 0.480 e. The topological polar surface area (TPSA) is 287 Å². The molecule has 0 saturated heterocycles. The maximum absolute atomic E-state index is 12.4. The van der Waals surface area contributed by atoms with Crippen molar-refractivity contribution in [3.8, 4) is 0 Å². The van der Waals surface area contributed by atoms with Gasteiger partial charge in [-0.3, -0.25) is 24.2 Å². The number of hydrogen-bond donors (Lipinski definition) is 9. The molecule has 0 aromatic carbocycles. The zero-order valence-electron chi connectivity index (χ0n) is 18.3. The third-order valence-electron chi connectivity index (χ3n) is 4.38. The number of carboxylic acids is 1. The molecule has 188 valence electrons. The molecule has 13 N–H and O–H groups in total. The van der Waals surface area contributed by atoms with Gasteiger partial charge >= 0.3 is 5.97 Å². The van der Waals surface area contributed by atoms with Gasteiger partial charge in [-0.1, -0.05) is 0 Å². The van der Waals surface area contributed by atoms with Crippen molar-refractivity contribution >= 4 is 35.6 Å². The molecule has 4 amide bonds. The predicted octanol–water partition coefficient (Wildman–Crippen LogP) is -4.62. The Balaban J connectivity index is 2.60. The summed E-state index contributed by atoms with van der Waals surface area (Å²) in [5.41, 5.74) is 21.8. The average molecular weight is 483 g/mol. The van der Waals surface area contributed by atoms with Crippen LogP contribution in [0.5, 0.6) is 0 Å². The van der Waals surface area contributed by atoms with Gasteiger partial charge in [0, 0.05) is 24.9 Å². The van der Waals surface area contributed by atoms with Gasteiger partial charge in [-0.15, -0.1) is 0 Å². The van der Waals surface area contributed by atoms with Gasteiger partial charge in [0.15, 0.2) is 5.96 Å². The van der Waals surface area contributed by atoms with E-state index in [0.29, 0.717) is 12.1 Å². The second-order valence-electron chi connectivity index (χ2n) is 7.24. The third kappa shape index (κ3) is 10.9. The molecule has 0 bridgehead atoms. The van der Waals surface area contributed by atoms with E-state index >= 15 is 0 Å². The van der Waals surface area contributed by atoms with Gasteiger partial charge in [-0.25, -0.2) is 9.78 Å². The van der Waals surface area contributed by atoms with Gasteiger partial charge in [-0.05, 0) is 12.8 Å². The molecule has 3 atom stereocenters. The quantitative estimate of drug-likeness (QED) is 0.0654. The van der Waals surface area contributed by atoms with Gasteiger partial charge in [0.1, 0.15) is 12.1 Å². The molecule has 0 aliphatic heterocycles. The molecule has 1 aromatic heterocycles. The van der Waals surface area contributed by atoms with Crippen LogP contribution in [0, 0.1) is 0 Å². The molecule has 0 aliphatic rings. The number of aliphatic carboxylic acids is 1. The Morgan fingerprint density at radius 2 is 1.79 bits per heavy atom. The number of amides is 4. The summed E-state index contributed by atoms with van der Waals surface area (Å²) in [5, 5.41) is 16.1. The highest BCUT2D eigenvalue weighted by Gasteiger charge is 2.26. The molecule has 1 heterocycles. The molecule has 0 radical (unpaired) electrons. The average Bonchev–Trinajstić information content (AvgIpc) is 3.26. The van der Waals surface area contributed by atoms with Gasteiger partial charge in [0.05, 0.1) is 25.3 Å². The van der Waals surface area contributed by atoms with E-state index in [1.54, 1.807) is 0 Å². The third-order valence-corrected chi connectivity index (χ3v) is 4.38. The monoisotopic (exact) mass is 482 g/mol. The molecule has 0 saturated carbocycles. The van der Waals surface area contributed by atoms with Crippen LogP contribution in [0.1, 0.15) is 25.0 Å². The molecular weight excluding hydrogens is 452 g/mol. The number of imidazole rings is 1. The number of aliphatic imine (C=N–C) groups is 1. The van der Waals surface area contributed by atoms with Crippen LogP contribution in [0.25, 0.3) is 0 Å². The van der Waals surface area contributed by atoms with E-state index in [2.05, 4.69) is 30.9 Å². The summed E-state index contributed by atoms with van der Waals surface area (Å²) in [6.07, 6.45) is 2.76. The Bertz CT molecular complexity index is 884. The fourth-order valence-electron chi connectivity index (χ4n) is 2.69. The van der Waals surface area contributed by atoms with Crippen LogP contribution in [-0.4, -0.2) is 81.8 Å². The van der Waals surface area contributed by atoms with Crippen LogP contribution in [0.4, 0.5) is 0 Å². The van der Waals surface area contributed by atoms with Crippen molar-refractivity contribution < 1.29 is 29.1 Å². The summed E-state index contributed by atoms with van der Waals surface area (Å²) in [4.78, 5) is 69.7. The number of primary amides is 1. The van der Waals surface area contributed by atoms with Crippen molar-refractivity contribution in [1.29, 1.82) is 0 Å². The number of carbonyl (C=O) groups is 5. The number of aromatic amines is 1. The van der Waals surface area contributed by atoms with Crippen molar-refractivity contribution in [2.75, 3.05) is 13.1 Å². The first-order valence-electron chi connectivity index (χ1n) is 10.2. The number of nitrogens with zero attached hydrogens (tertiary/aromatic N) is 2. The van der Waals surface area contributed by atoms with E-state index in [9.17, 15) is 29.1 Å². The van der Waals surface area contributed by atoms with Crippen LogP contribution >= 0.6 is 0 Å². The Kier molecular flexibility index (Phi) is 11.5. The zero-order valence-corrected chi connectivity index (χ0v) is 18.3. The fraction of sp³-hybridized carbons (Fsp3) is 0.500. The Morgan fingerprint density at radius 1 is 1.09 bits per heavy atom. The summed E-state index contributed by atoms with van der Waals surface area (Å²) in [5.74, 6) is -4.67. The van der Waals surface area contributed by atoms with Crippen LogP contribution in [0.2, 0.25) is 0 Å². The number of nitrogens with one attached hydrogen (secondary N) is 4. The van der Waals surface area contributed by atoms with Crippen molar-refractivity contribution in [3.05, 3.63) is 18.2 Å². The lowest BCUT2D eigenvalue weighted by molar-refractivity contribution is -0.141. The Morgan fingerprint density at radius 3 is 2.35 bits per heavy atom. The van der Waals surface area contributed by atoms with E-state index in [0.717, 1.165) is 0 Å². The zero-order chi connectivity index (χ0) is 25.7. The van der Waals surface area contributed by atoms with Gasteiger partial charge in [-0.2, -0.15) is 0 Å². The highest BCUT2D eigenvalue weighted by atomic mass is 16.4. The predicted molar refractivity (Wildman–Crippen MR) is 118 cm³/mol. The van der Waals surface area contributed by atoms with E-state index < -0.39 is 60.7 Å². The van der Waals surface area contributed by atoms with Crippen molar-refractivity contribution in [3.63, 3.8) is 0 Å². The van der Waals surface area contributed by atoms with Gasteiger partial charge in [0.2, 0.25) is 23.6 Å². The minimum absolute atomic E-state index is 0.0591. The highest BCUT2D eigenvalue weighted by molar-refractivity contribution is 5.95. The normalized spacial score (nSPS) is 13.1. The van der Waals surface area contributed by atoms with Gasteiger partial charge < -0.3 is 49.0 Å². The van der Waals surface area contributed by atoms with Crippen LogP contribution in [0.3, 0.4) is 0 Å². The number of carboxylic acid groups (broad SMARTS) is 1. The summed E-state index contributed by atoms with van der Waals surface area (Å²) >= 11 is 0. The molecule has 0 fully saturated rings. The van der Waals surface area contributed by atoms with E-state index in [4.69, 9.17) is 22.9 Å². The molecule has 1 aromatic rings. The number of nitrogens with two attached hydrogens (primary N) is 4. The first-order valence-corrected chi connectivity index (χ1v) is 10.2. The van der Waals surface area contributed by atoms with Crippen LogP contribution in [-0.2, 0) is 30.4 Å². The smallest absolute Gasteiger partial charge is 0.326 e. The fourth-order valence-corrected chi connectivity index (χ4v) is 2.69. The first-order chi connectivity index (χ1) is 16.0. The summed E-state index contributed by atoms with van der Waals surface area (Å²) < 4.78 is 0. The van der Waals surface area contributed by atoms with Crippen LogP contribution in [0.15, 0.2) is 17.5 Å². The minimum atomic E-state index is -1.39. The van der Waals surface area contributed by atoms with Crippen LogP contribution < -0.4 is 38.9 Å². The highest BCUT2D eigenvalue weighted by Crippen LogP contribution is 2.00. The first kappa shape index (κ1) is 27.8. The number of hydrogen-bond acceptors (Lipinski definition) is 8. The maximum atomic E-state index is 12.4. The molecule has 16 nitrogen and oxygen atoms in total. The molecule has 1 rings (SSSR count). The molecular formula is C18H30N10O6. The molecule has 0 aliphatic carbocycles. The standard InChI is InChI=1S/C18H30N10O6/c19-10(2-1-3-24-18(21)22)15(31)28-11(5-13(20)29)16(32)25-7-14(30)27-12(17(33)34)4-9-6-23-8-26-9/h6,8,10-12H,1-5,7,19H2,(H2,20,29)(H,23,26)(H,25,32)(H,27,30)(H,28,31)(H,33,34)(H4,21,22,24). The van der Waals surface area contributed by atoms with Crippen molar-refractivity contribution in [2.24, 2.45) is 27.9 Å². The Hall–Kier alpha value is -4.21. The van der Waals surface area contributed by atoms with Gasteiger partial charge in [0.25, 0.3) is 0 Å². The second kappa shape index (κ2) is 14.0. The lowest BCUT2D eigenvalue weighted by atomic mass is 10.1. The van der Waals surface area contributed by atoms with E-state index in [-0.39, 0.29) is 25.3 Å². The second-order valence-corrected chi connectivity index (χ2v) is 7.24. The molecule has 34 heavy (non-hydrogen) atoms. The minimum Gasteiger partial charge on any atom is -0.480 e. The number of H-pyrrole nitrogens is 1. The molecule has 16 heteroatoms. The lowest BCUT2D eigenvalue weighted by Gasteiger charge is -2.20. The maximum Gasteiger partial charge on any atom is 0.326 e. The Labute approximate surface area is 194 Å². The SMILES string of the molecule is NC(=O)CC(NC(=O)C(N)CCCN=C(N)N)C(=O)NCC(=O)NC(Cc1cnc[nH]1)C(=O)O. The van der Waals surface area contributed by atoms with E-state index in [1.165, 1.54) is 12.5 Å². The number of rotatable bonds is 15. The summed E-state index contributed by atoms with van der Waals surface area (Å²) in [6.45, 7) is -0.359. The summed E-state index contributed by atoms with van der Waals surface area (Å²) in [7, 11) is 0. The molecule has 3 unspecified atom stereocenters. The van der Waals surface area contributed by atoms with Crippen molar-refractivity contribution in [1.82, 2.24) is 25.9 Å². The number of carbonyl (C=O) groups excluding carboxylic acids is 4. The number of guanidine groups is 1. The summed E-state index contributed by atoms with van der Waals surface area (Å²) in [6, 6.07) is -3.68. The molecule has 0 spiro atoms.